The van der Waals surface area contributed by atoms with Gasteiger partial charge in [-0.1, -0.05) is 0 Å². The molecule has 1 atom stereocenters. The lowest BCUT2D eigenvalue weighted by molar-refractivity contribution is -0.00138. The molecule has 2 aromatic rings. The number of rotatable bonds is 2. The van der Waals surface area contributed by atoms with E-state index in [4.69, 9.17) is 4.74 Å². The van der Waals surface area contributed by atoms with Crippen LogP contribution in [-0.4, -0.2) is 41.7 Å². The van der Waals surface area contributed by atoms with Crippen LogP contribution < -0.4 is 5.32 Å². The number of benzene rings is 1. The van der Waals surface area contributed by atoms with Crippen molar-refractivity contribution in [2.75, 3.05) is 25.0 Å². The maximum absolute atomic E-state index is 12.2. The van der Waals surface area contributed by atoms with Crippen molar-refractivity contribution in [3.05, 3.63) is 35.3 Å². The highest BCUT2D eigenvalue weighted by molar-refractivity contribution is 7.13. The smallest absolute Gasteiger partial charge is 0.322 e. The van der Waals surface area contributed by atoms with Crippen LogP contribution in [0.3, 0.4) is 0 Å². The van der Waals surface area contributed by atoms with E-state index in [1.165, 1.54) is 0 Å². The number of thiazole rings is 1. The van der Waals surface area contributed by atoms with Crippen molar-refractivity contribution in [2.24, 2.45) is 0 Å². The van der Waals surface area contributed by atoms with Crippen molar-refractivity contribution in [3.63, 3.8) is 0 Å². The van der Waals surface area contributed by atoms with E-state index in [-0.39, 0.29) is 12.1 Å². The van der Waals surface area contributed by atoms with Crippen LogP contribution in [0.4, 0.5) is 10.5 Å². The summed E-state index contributed by atoms with van der Waals surface area (Å²) in [5.74, 6) is 0. The highest BCUT2D eigenvalue weighted by Crippen LogP contribution is 2.25. The Morgan fingerprint density at radius 3 is 2.82 bits per heavy atom. The second-order valence-corrected chi connectivity index (χ2v) is 6.29. The van der Waals surface area contributed by atoms with E-state index in [2.05, 4.69) is 10.3 Å². The van der Waals surface area contributed by atoms with E-state index in [0.29, 0.717) is 19.7 Å². The minimum atomic E-state index is -0.0759. The average molecular weight is 317 g/mol. The molecule has 1 aliphatic rings. The zero-order valence-electron chi connectivity index (χ0n) is 12.7. The van der Waals surface area contributed by atoms with Gasteiger partial charge in [-0.25, -0.2) is 9.78 Å². The molecule has 5 nitrogen and oxygen atoms in total. The number of aryl methyl sites for hydroxylation is 1. The van der Waals surface area contributed by atoms with E-state index in [9.17, 15) is 4.79 Å². The van der Waals surface area contributed by atoms with Gasteiger partial charge >= 0.3 is 6.03 Å². The van der Waals surface area contributed by atoms with Gasteiger partial charge in [-0.05, 0) is 38.1 Å². The number of carbonyl (C=O) groups excluding carboxylic acids is 1. The molecule has 0 radical (unpaired) electrons. The van der Waals surface area contributed by atoms with Gasteiger partial charge in [0.15, 0.2) is 0 Å². The third kappa shape index (κ3) is 3.45. The molecule has 0 aliphatic carbocycles. The quantitative estimate of drug-likeness (QED) is 0.924. The van der Waals surface area contributed by atoms with Gasteiger partial charge < -0.3 is 15.0 Å². The maximum Gasteiger partial charge on any atom is 0.322 e. The van der Waals surface area contributed by atoms with Crippen LogP contribution in [0.1, 0.15) is 12.6 Å². The molecule has 0 unspecified atom stereocenters. The number of amides is 2. The predicted molar refractivity (Wildman–Crippen MR) is 88.3 cm³/mol. The number of hydrogen-bond donors (Lipinski definition) is 1. The Balaban J connectivity index is 1.64. The molecule has 3 rings (SSSR count). The van der Waals surface area contributed by atoms with Crippen molar-refractivity contribution in [1.82, 2.24) is 9.88 Å². The molecule has 0 spiro atoms. The minimum Gasteiger partial charge on any atom is -0.375 e. The molecule has 1 aromatic heterocycles. The Bertz CT molecular complexity index is 654. The van der Waals surface area contributed by atoms with Crippen LogP contribution in [0.15, 0.2) is 29.6 Å². The maximum atomic E-state index is 12.2. The third-order valence-electron chi connectivity index (χ3n) is 3.53. The Morgan fingerprint density at radius 1 is 1.41 bits per heavy atom. The molecule has 1 saturated heterocycles. The van der Waals surface area contributed by atoms with Crippen LogP contribution in [0, 0.1) is 6.92 Å². The van der Waals surface area contributed by atoms with Gasteiger partial charge in [0.25, 0.3) is 0 Å². The first-order chi connectivity index (χ1) is 10.6. The summed E-state index contributed by atoms with van der Waals surface area (Å²) >= 11 is 1.62. The summed E-state index contributed by atoms with van der Waals surface area (Å²) in [6.45, 7) is 5.81. The summed E-state index contributed by atoms with van der Waals surface area (Å²) in [5, 5.41) is 5.96. The number of nitrogens with zero attached hydrogens (tertiary/aromatic N) is 2. The molecule has 1 aliphatic heterocycles. The first-order valence-electron chi connectivity index (χ1n) is 7.32. The lowest BCUT2D eigenvalue weighted by Gasteiger charge is -2.31. The molecular formula is C16H19N3O2S. The summed E-state index contributed by atoms with van der Waals surface area (Å²) in [4.78, 5) is 18.5. The molecule has 22 heavy (non-hydrogen) atoms. The van der Waals surface area contributed by atoms with Crippen LogP contribution >= 0.6 is 11.3 Å². The van der Waals surface area contributed by atoms with Crippen molar-refractivity contribution >= 4 is 23.1 Å². The Morgan fingerprint density at radius 2 is 2.18 bits per heavy atom. The summed E-state index contributed by atoms with van der Waals surface area (Å²) in [6.07, 6.45) is 0.0926. The molecule has 6 heteroatoms. The molecule has 116 valence electrons. The highest BCUT2D eigenvalue weighted by atomic mass is 32.1. The molecule has 0 saturated carbocycles. The van der Waals surface area contributed by atoms with Crippen molar-refractivity contribution in [3.8, 4) is 10.6 Å². The zero-order valence-corrected chi connectivity index (χ0v) is 13.5. The van der Waals surface area contributed by atoms with Gasteiger partial charge in [-0.15, -0.1) is 11.3 Å². The summed E-state index contributed by atoms with van der Waals surface area (Å²) in [7, 11) is 0. The van der Waals surface area contributed by atoms with Gasteiger partial charge in [0, 0.05) is 35.4 Å². The van der Waals surface area contributed by atoms with Gasteiger partial charge in [-0.3, -0.25) is 0 Å². The van der Waals surface area contributed by atoms with Crippen molar-refractivity contribution in [1.29, 1.82) is 0 Å². The van der Waals surface area contributed by atoms with Crippen LogP contribution in [0.2, 0.25) is 0 Å². The number of aromatic nitrogens is 1. The fourth-order valence-corrected chi connectivity index (χ4v) is 3.19. The number of nitrogens with one attached hydrogen (secondary N) is 1. The van der Waals surface area contributed by atoms with Crippen molar-refractivity contribution in [2.45, 2.75) is 20.0 Å². The zero-order chi connectivity index (χ0) is 15.5. The fraction of sp³-hybridized carbons (Fsp3) is 0.375. The van der Waals surface area contributed by atoms with Gasteiger partial charge in [-0.2, -0.15) is 0 Å². The molecular weight excluding hydrogens is 298 g/mol. The largest absolute Gasteiger partial charge is 0.375 e. The summed E-state index contributed by atoms with van der Waals surface area (Å²) in [5.41, 5.74) is 2.89. The van der Waals surface area contributed by atoms with E-state index in [1.807, 2.05) is 43.5 Å². The number of anilines is 1. The fourth-order valence-electron chi connectivity index (χ4n) is 2.39. The summed E-state index contributed by atoms with van der Waals surface area (Å²) in [6, 6.07) is 7.71. The molecule has 2 heterocycles. The third-order valence-corrected chi connectivity index (χ3v) is 4.54. The second-order valence-electron chi connectivity index (χ2n) is 5.43. The molecule has 1 fully saturated rings. The number of carbonyl (C=O) groups is 1. The predicted octanol–water partition coefficient (Wildman–Crippen LogP) is 3.37. The average Bonchev–Trinajstić information content (AvgIpc) is 2.94. The Hall–Kier alpha value is -1.92. The van der Waals surface area contributed by atoms with Gasteiger partial charge in [0.2, 0.25) is 0 Å². The first-order valence-corrected chi connectivity index (χ1v) is 8.20. The van der Waals surface area contributed by atoms with E-state index >= 15 is 0 Å². The lowest BCUT2D eigenvalue weighted by atomic mass is 10.2. The number of ether oxygens (including phenoxy) is 1. The molecule has 0 bridgehead atoms. The second kappa shape index (κ2) is 6.46. The topological polar surface area (TPSA) is 54.5 Å². The molecule has 2 amide bonds. The van der Waals surface area contributed by atoms with Gasteiger partial charge in [0.05, 0.1) is 12.7 Å². The Kier molecular flexibility index (Phi) is 4.40. The van der Waals surface area contributed by atoms with E-state index in [1.54, 1.807) is 16.2 Å². The van der Waals surface area contributed by atoms with E-state index in [0.717, 1.165) is 22.0 Å². The number of urea groups is 1. The SMILES string of the molecule is Cc1csc(-c2ccc(NC(=O)N3CCO[C@H](C)C3)cc2)n1. The van der Waals surface area contributed by atoms with E-state index < -0.39 is 0 Å². The summed E-state index contributed by atoms with van der Waals surface area (Å²) < 4.78 is 5.45. The van der Waals surface area contributed by atoms with Crippen LogP contribution in [0.5, 0.6) is 0 Å². The normalized spacial score (nSPS) is 18.3. The highest BCUT2D eigenvalue weighted by Gasteiger charge is 2.21. The first kappa shape index (κ1) is 15.0. The Labute approximate surface area is 133 Å². The number of morpholine rings is 1. The van der Waals surface area contributed by atoms with Gasteiger partial charge in [0.1, 0.15) is 5.01 Å². The lowest BCUT2D eigenvalue weighted by Crippen LogP contribution is -2.46. The standard InChI is InChI=1S/C16H19N3O2S/c1-11-10-22-15(17-11)13-3-5-14(6-4-13)18-16(20)19-7-8-21-12(2)9-19/h3-6,10,12H,7-9H2,1-2H3,(H,18,20)/t12-/m1/s1. The minimum absolute atomic E-state index is 0.0759. The van der Waals surface area contributed by atoms with Crippen LogP contribution in [0.25, 0.3) is 10.6 Å². The van der Waals surface area contributed by atoms with Crippen molar-refractivity contribution < 1.29 is 9.53 Å². The molecule has 1 N–H and O–H groups in total. The number of hydrogen-bond acceptors (Lipinski definition) is 4. The molecule has 1 aromatic carbocycles. The van der Waals surface area contributed by atoms with Crippen LogP contribution in [-0.2, 0) is 4.74 Å². The monoisotopic (exact) mass is 317 g/mol.